The maximum Gasteiger partial charge on any atom is 0.154 e. The largest absolute Gasteiger partial charge is 0.375 e. The van der Waals surface area contributed by atoms with Crippen LogP contribution < -0.4 is 5.32 Å². The summed E-state index contributed by atoms with van der Waals surface area (Å²) in [5.74, 6) is 0.383. The minimum Gasteiger partial charge on any atom is -0.375 e. The number of ether oxygens (including phenoxy) is 1. The van der Waals surface area contributed by atoms with Crippen LogP contribution in [0, 0.1) is 5.92 Å². The fourth-order valence-corrected chi connectivity index (χ4v) is 4.44. The van der Waals surface area contributed by atoms with Gasteiger partial charge in [-0.2, -0.15) is 0 Å². The molecule has 1 aliphatic heterocycles. The van der Waals surface area contributed by atoms with E-state index in [1.54, 1.807) is 0 Å². The predicted molar refractivity (Wildman–Crippen MR) is 81.6 cm³/mol. The van der Waals surface area contributed by atoms with Gasteiger partial charge in [-0.05, 0) is 58.4 Å². The van der Waals surface area contributed by atoms with Crippen LogP contribution in [0.3, 0.4) is 0 Å². The molecule has 1 aliphatic carbocycles. The fourth-order valence-electron chi connectivity index (χ4n) is 3.70. The Kier molecular flexibility index (Phi) is 4.53. The third-order valence-electron chi connectivity index (χ3n) is 5.40. The van der Waals surface area contributed by atoms with Crippen molar-refractivity contribution < 1.29 is 13.2 Å². The van der Waals surface area contributed by atoms with Crippen molar-refractivity contribution in [2.24, 2.45) is 5.92 Å². The van der Waals surface area contributed by atoms with E-state index in [-0.39, 0.29) is 11.6 Å². The van der Waals surface area contributed by atoms with E-state index >= 15 is 0 Å². The van der Waals surface area contributed by atoms with Gasteiger partial charge in [0.25, 0.3) is 0 Å². The zero-order chi connectivity index (χ0) is 15.0. The number of nitrogens with one attached hydrogen (secondary N) is 1. The zero-order valence-corrected chi connectivity index (χ0v) is 14.1. The molecule has 5 heteroatoms. The summed E-state index contributed by atoms with van der Waals surface area (Å²) in [5.41, 5.74) is 0.0597. The number of hydrogen-bond acceptors (Lipinski definition) is 4. The Hall–Kier alpha value is -0.130. The topological polar surface area (TPSA) is 55.4 Å². The lowest BCUT2D eigenvalue weighted by Gasteiger charge is -2.50. The molecule has 1 saturated carbocycles. The van der Waals surface area contributed by atoms with E-state index in [9.17, 15) is 8.42 Å². The smallest absolute Gasteiger partial charge is 0.154 e. The van der Waals surface area contributed by atoms with Gasteiger partial charge in [0.2, 0.25) is 0 Å². The highest BCUT2D eigenvalue weighted by Crippen LogP contribution is 2.46. The lowest BCUT2D eigenvalue weighted by molar-refractivity contribution is -0.148. The van der Waals surface area contributed by atoms with Crippen molar-refractivity contribution in [1.29, 1.82) is 0 Å². The van der Waals surface area contributed by atoms with Crippen molar-refractivity contribution in [1.82, 2.24) is 5.32 Å². The SMILES string of the molecule is CCNC(C1CCOC2(CCC2)C1)C(C)(C)S(C)(=O)=O. The summed E-state index contributed by atoms with van der Waals surface area (Å²) in [6.07, 6.45) is 6.84. The zero-order valence-electron chi connectivity index (χ0n) is 13.2. The van der Waals surface area contributed by atoms with Crippen LogP contribution in [0.15, 0.2) is 0 Å². The number of rotatable bonds is 5. The summed E-state index contributed by atoms with van der Waals surface area (Å²) >= 11 is 0. The Balaban J connectivity index is 2.20. The molecule has 0 bridgehead atoms. The van der Waals surface area contributed by atoms with Crippen molar-refractivity contribution in [3.8, 4) is 0 Å². The van der Waals surface area contributed by atoms with Gasteiger partial charge in [-0.1, -0.05) is 6.92 Å². The van der Waals surface area contributed by atoms with E-state index in [1.165, 1.54) is 12.7 Å². The second-order valence-corrected chi connectivity index (χ2v) is 9.65. The molecule has 4 nitrogen and oxygen atoms in total. The highest BCUT2D eigenvalue weighted by Gasteiger charge is 2.49. The Morgan fingerprint density at radius 1 is 1.40 bits per heavy atom. The number of hydrogen-bond donors (Lipinski definition) is 1. The van der Waals surface area contributed by atoms with Crippen LogP contribution in [0.1, 0.15) is 52.9 Å². The van der Waals surface area contributed by atoms with E-state index in [0.717, 1.165) is 38.8 Å². The first-order valence-corrected chi connectivity index (χ1v) is 9.68. The molecule has 20 heavy (non-hydrogen) atoms. The molecule has 0 radical (unpaired) electrons. The molecule has 2 fully saturated rings. The van der Waals surface area contributed by atoms with Gasteiger partial charge in [-0.25, -0.2) is 8.42 Å². The van der Waals surface area contributed by atoms with Gasteiger partial charge in [0.1, 0.15) is 0 Å². The average Bonchev–Trinajstić information content (AvgIpc) is 2.32. The maximum absolute atomic E-state index is 12.2. The van der Waals surface area contributed by atoms with Crippen molar-refractivity contribution in [3.05, 3.63) is 0 Å². The third-order valence-corrected chi connectivity index (χ3v) is 7.56. The van der Waals surface area contributed by atoms with Crippen LogP contribution in [0.4, 0.5) is 0 Å². The quantitative estimate of drug-likeness (QED) is 0.845. The summed E-state index contributed by atoms with van der Waals surface area (Å²) in [6, 6.07) is 0.00359. The minimum atomic E-state index is -3.10. The summed E-state index contributed by atoms with van der Waals surface area (Å²) < 4.78 is 29.6. The molecule has 1 heterocycles. The van der Waals surface area contributed by atoms with Gasteiger partial charge in [0.05, 0.1) is 10.3 Å². The lowest BCUT2D eigenvalue weighted by atomic mass is 9.69. The summed E-state index contributed by atoms with van der Waals surface area (Å²) in [7, 11) is -3.10. The molecule has 2 atom stereocenters. The molecule has 2 unspecified atom stereocenters. The Bertz CT molecular complexity index is 440. The molecule has 1 spiro atoms. The van der Waals surface area contributed by atoms with E-state index in [2.05, 4.69) is 5.32 Å². The first-order chi connectivity index (χ1) is 9.22. The van der Waals surface area contributed by atoms with Crippen LogP contribution in [-0.2, 0) is 14.6 Å². The first-order valence-electron chi connectivity index (χ1n) is 7.79. The molecule has 2 rings (SSSR count). The first kappa shape index (κ1) is 16.2. The van der Waals surface area contributed by atoms with E-state index < -0.39 is 14.6 Å². The van der Waals surface area contributed by atoms with Crippen molar-refractivity contribution in [3.63, 3.8) is 0 Å². The van der Waals surface area contributed by atoms with Crippen LogP contribution in [-0.4, -0.2) is 44.2 Å². The highest BCUT2D eigenvalue weighted by atomic mass is 32.2. The monoisotopic (exact) mass is 303 g/mol. The Morgan fingerprint density at radius 3 is 2.50 bits per heavy atom. The minimum absolute atomic E-state index is 0.00359. The van der Waals surface area contributed by atoms with Gasteiger partial charge in [-0.15, -0.1) is 0 Å². The fraction of sp³-hybridized carbons (Fsp3) is 1.00. The molecule has 118 valence electrons. The second kappa shape index (κ2) is 5.58. The predicted octanol–water partition coefficient (Wildman–Crippen LogP) is 2.14. The van der Waals surface area contributed by atoms with Crippen LogP contribution in [0.2, 0.25) is 0 Å². The van der Waals surface area contributed by atoms with Gasteiger partial charge < -0.3 is 10.1 Å². The van der Waals surface area contributed by atoms with Gasteiger partial charge in [0, 0.05) is 18.9 Å². The van der Waals surface area contributed by atoms with Gasteiger partial charge >= 0.3 is 0 Å². The van der Waals surface area contributed by atoms with Crippen molar-refractivity contribution in [2.75, 3.05) is 19.4 Å². The van der Waals surface area contributed by atoms with Gasteiger partial charge in [0.15, 0.2) is 9.84 Å². The molecular formula is C15H29NO3S. The van der Waals surface area contributed by atoms with E-state index in [4.69, 9.17) is 4.74 Å². The van der Waals surface area contributed by atoms with Crippen LogP contribution >= 0.6 is 0 Å². The molecule has 0 amide bonds. The number of sulfone groups is 1. The molecule has 0 aromatic heterocycles. The summed E-state index contributed by atoms with van der Waals surface area (Å²) in [5, 5.41) is 3.45. The summed E-state index contributed by atoms with van der Waals surface area (Å²) in [6.45, 7) is 7.33. The van der Waals surface area contributed by atoms with E-state index in [0.29, 0.717) is 5.92 Å². The van der Waals surface area contributed by atoms with Crippen LogP contribution in [0.5, 0.6) is 0 Å². The third kappa shape index (κ3) is 2.90. The maximum atomic E-state index is 12.2. The summed E-state index contributed by atoms with van der Waals surface area (Å²) in [4.78, 5) is 0. The molecular weight excluding hydrogens is 274 g/mol. The Morgan fingerprint density at radius 2 is 2.05 bits per heavy atom. The van der Waals surface area contributed by atoms with Gasteiger partial charge in [-0.3, -0.25) is 0 Å². The van der Waals surface area contributed by atoms with Crippen LogP contribution in [0.25, 0.3) is 0 Å². The molecule has 0 aromatic rings. The van der Waals surface area contributed by atoms with E-state index in [1.807, 2.05) is 20.8 Å². The normalized spacial score (nSPS) is 28.1. The van der Waals surface area contributed by atoms with Crippen molar-refractivity contribution in [2.45, 2.75) is 69.3 Å². The highest BCUT2D eigenvalue weighted by molar-refractivity contribution is 7.92. The average molecular weight is 303 g/mol. The van der Waals surface area contributed by atoms with Crippen molar-refractivity contribution >= 4 is 9.84 Å². The molecule has 0 aromatic carbocycles. The standard InChI is InChI=1S/C15H29NO3S/c1-5-16-13(14(2,3)20(4,17)18)12-7-10-19-15(11-12)8-6-9-15/h12-13,16H,5-11H2,1-4H3. The molecule has 1 saturated heterocycles. The molecule has 1 N–H and O–H groups in total. The molecule has 2 aliphatic rings. The second-order valence-electron chi connectivity index (χ2n) is 7.05. The Labute approximate surface area is 123 Å². The lowest BCUT2D eigenvalue weighted by Crippen LogP contribution is -2.59.